The number of ether oxygens (including phenoxy) is 1. The molecular formula is C17H34O3. The number of carbonyl (C=O) groups is 1. The van der Waals surface area contributed by atoms with Crippen LogP contribution in [-0.4, -0.2) is 23.3 Å². The van der Waals surface area contributed by atoms with Gasteiger partial charge in [0.25, 0.3) is 0 Å². The number of unbranched alkanes of at least 4 members (excludes halogenated alkanes) is 4. The van der Waals surface area contributed by atoms with Gasteiger partial charge in [0.15, 0.2) is 0 Å². The molecule has 0 fully saturated rings. The predicted molar refractivity (Wildman–Crippen MR) is 83.6 cm³/mol. The lowest BCUT2D eigenvalue weighted by Crippen LogP contribution is -2.22. The van der Waals surface area contributed by atoms with Gasteiger partial charge in [0, 0.05) is 6.92 Å². The molecule has 20 heavy (non-hydrogen) atoms. The molecule has 0 bridgehead atoms. The molecule has 0 aliphatic rings. The van der Waals surface area contributed by atoms with Crippen molar-refractivity contribution in [2.24, 2.45) is 5.92 Å². The quantitative estimate of drug-likeness (QED) is 0.425. The first-order chi connectivity index (χ1) is 9.47. The Kier molecular flexibility index (Phi) is 11.8. The van der Waals surface area contributed by atoms with Gasteiger partial charge < -0.3 is 9.84 Å². The third kappa shape index (κ3) is 11.3. The topological polar surface area (TPSA) is 46.5 Å². The van der Waals surface area contributed by atoms with Gasteiger partial charge in [-0.3, -0.25) is 4.79 Å². The van der Waals surface area contributed by atoms with Crippen LogP contribution in [-0.2, 0) is 9.53 Å². The highest BCUT2D eigenvalue weighted by Crippen LogP contribution is 2.17. The number of aliphatic hydroxyl groups is 1. The molecule has 0 amide bonds. The zero-order valence-corrected chi connectivity index (χ0v) is 13.9. The lowest BCUT2D eigenvalue weighted by molar-refractivity contribution is -0.148. The SMILES string of the molecule is CCCCC[C@@H](O)CCCCC[C@@H](OC(C)=O)C(C)C. The summed E-state index contributed by atoms with van der Waals surface area (Å²) < 4.78 is 5.32. The minimum Gasteiger partial charge on any atom is -0.462 e. The second-order valence-corrected chi connectivity index (χ2v) is 6.18. The Morgan fingerprint density at radius 1 is 1.00 bits per heavy atom. The van der Waals surface area contributed by atoms with E-state index in [1.165, 1.54) is 19.8 Å². The molecule has 0 spiro atoms. The molecule has 3 heteroatoms. The molecule has 2 atom stereocenters. The molecule has 120 valence electrons. The molecule has 0 radical (unpaired) electrons. The number of rotatable bonds is 12. The van der Waals surface area contributed by atoms with Gasteiger partial charge in [-0.25, -0.2) is 0 Å². The van der Waals surface area contributed by atoms with Crippen molar-refractivity contribution in [3.8, 4) is 0 Å². The van der Waals surface area contributed by atoms with Crippen molar-refractivity contribution in [2.75, 3.05) is 0 Å². The van der Waals surface area contributed by atoms with Crippen molar-refractivity contribution >= 4 is 5.97 Å². The summed E-state index contributed by atoms with van der Waals surface area (Å²) in [5.74, 6) is 0.189. The van der Waals surface area contributed by atoms with E-state index in [4.69, 9.17) is 4.74 Å². The maximum atomic E-state index is 11.0. The van der Waals surface area contributed by atoms with Crippen molar-refractivity contribution < 1.29 is 14.6 Å². The van der Waals surface area contributed by atoms with E-state index in [-0.39, 0.29) is 18.2 Å². The second kappa shape index (κ2) is 12.2. The maximum Gasteiger partial charge on any atom is 0.302 e. The Labute approximate surface area is 125 Å². The molecular weight excluding hydrogens is 252 g/mol. The summed E-state index contributed by atoms with van der Waals surface area (Å²) in [7, 11) is 0. The molecule has 0 rings (SSSR count). The van der Waals surface area contributed by atoms with Crippen molar-refractivity contribution in [3.05, 3.63) is 0 Å². The molecule has 0 aliphatic heterocycles. The zero-order chi connectivity index (χ0) is 15.4. The molecule has 1 N–H and O–H groups in total. The predicted octanol–water partition coefficient (Wildman–Crippen LogP) is 4.47. The first-order valence-corrected chi connectivity index (χ1v) is 8.32. The Bertz CT molecular complexity index is 238. The Hall–Kier alpha value is -0.570. The maximum absolute atomic E-state index is 11.0. The molecule has 0 unspecified atom stereocenters. The molecule has 0 heterocycles. The second-order valence-electron chi connectivity index (χ2n) is 6.18. The summed E-state index contributed by atoms with van der Waals surface area (Å²) in [6.07, 6.45) is 9.50. The smallest absolute Gasteiger partial charge is 0.302 e. The van der Waals surface area contributed by atoms with Crippen LogP contribution in [0.5, 0.6) is 0 Å². The zero-order valence-electron chi connectivity index (χ0n) is 13.9. The van der Waals surface area contributed by atoms with Crippen molar-refractivity contribution in [1.29, 1.82) is 0 Å². The van der Waals surface area contributed by atoms with Gasteiger partial charge in [-0.05, 0) is 31.6 Å². The first kappa shape index (κ1) is 19.4. The normalized spacial score (nSPS) is 14.3. The van der Waals surface area contributed by atoms with Gasteiger partial charge in [-0.15, -0.1) is 0 Å². The average Bonchev–Trinajstić information content (AvgIpc) is 2.36. The van der Waals surface area contributed by atoms with Crippen molar-refractivity contribution in [2.45, 2.75) is 97.7 Å². The van der Waals surface area contributed by atoms with E-state index in [9.17, 15) is 9.90 Å². The average molecular weight is 286 g/mol. The van der Waals surface area contributed by atoms with Gasteiger partial charge >= 0.3 is 5.97 Å². The van der Waals surface area contributed by atoms with Crippen LogP contribution >= 0.6 is 0 Å². The van der Waals surface area contributed by atoms with Crippen LogP contribution in [0.1, 0.15) is 85.5 Å². The highest BCUT2D eigenvalue weighted by atomic mass is 16.5. The summed E-state index contributed by atoms with van der Waals surface area (Å²) >= 11 is 0. The van der Waals surface area contributed by atoms with Gasteiger partial charge in [0.05, 0.1) is 6.10 Å². The van der Waals surface area contributed by atoms with Gasteiger partial charge in [0.1, 0.15) is 6.10 Å². The Morgan fingerprint density at radius 3 is 2.05 bits per heavy atom. The molecule has 0 saturated carbocycles. The van der Waals surface area contributed by atoms with Crippen molar-refractivity contribution in [1.82, 2.24) is 0 Å². The van der Waals surface area contributed by atoms with Crippen LogP contribution in [0, 0.1) is 5.92 Å². The molecule has 0 aromatic carbocycles. The lowest BCUT2D eigenvalue weighted by Gasteiger charge is -2.20. The Morgan fingerprint density at radius 2 is 1.55 bits per heavy atom. The highest BCUT2D eigenvalue weighted by molar-refractivity contribution is 5.66. The minimum absolute atomic E-state index is 0.0435. The first-order valence-electron chi connectivity index (χ1n) is 8.32. The van der Waals surface area contributed by atoms with E-state index >= 15 is 0 Å². The molecule has 0 aliphatic carbocycles. The van der Waals surface area contributed by atoms with E-state index in [1.807, 2.05) is 0 Å². The van der Waals surface area contributed by atoms with E-state index in [0.717, 1.165) is 44.9 Å². The highest BCUT2D eigenvalue weighted by Gasteiger charge is 2.15. The molecule has 3 nitrogen and oxygen atoms in total. The number of hydrogen-bond donors (Lipinski definition) is 1. The van der Waals surface area contributed by atoms with Crippen LogP contribution in [0.4, 0.5) is 0 Å². The van der Waals surface area contributed by atoms with Crippen LogP contribution in [0.15, 0.2) is 0 Å². The van der Waals surface area contributed by atoms with E-state index in [1.54, 1.807) is 0 Å². The molecule has 0 aromatic heterocycles. The van der Waals surface area contributed by atoms with E-state index in [0.29, 0.717) is 5.92 Å². The minimum atomic E-state index is -0.185. The fourth-order valence-corrected chi connectivity index (χ4v) is 2.42. The number of carbonyl (C=O) groups excluding carboxylic acids is 1. The van der Waals surface area contributed by atoms with Crippen LogP contribution < -0.4 is 0 Å². The summed E-state index contributed by atoms with van der Waals surface area (Å²) in [5.41, 5.74) is 0. The summed E-state index contributed by atoms with van der Waals surface area (Å²) in [6, 6.07) is 0. The third-order valence-electron chi connectivity index (χ3n) is 3.73. The molecule has 0 saturated heterocycles. The van der Waals surface area contributed by atoms with Crippen molar-refractivity contribution in [3.63, 3.8) is 0 Å². The van der Waals surface area contributed by atoms with E-state index in [2.05, 4.69) is 20.8 Å². The van der Waals surface area contributed by atoms with Crippen LogP contribution in [0.25, 0.3) is 0 Å². The third-order valence-corrected chi connectivity index (χ3v) is 3.73. The Balaban J connectivity index is 3.60. The van der Waals surface area contributed by atoms with Gasteiger partial charge in [-0.2, -0.15) is 0 Å². The van der Waals surface area contributed by atoms with Crippen LogP contribution in [0.2, 0.25) is 0 Å². The number of esters is 1. The van der Waals surface area contributed by atoms with Gasteiger partial charge in [-0.1, -0.05) is 52.9 Å². The lowest BCUT2D eigenvalue weighted by atomic mass is 9.99. The summed E-state index contributed by atoms with van der Waals surface area (Å²) in [5, 5.41) is 9.82. The standard InChI is InChI=1S/C17H34O3/c1-5-6-8-11-16(19)12-9-7-10-13-17(14(2)3)20-15(4)18/h14,16-17,19H,5-13H2,1-4H3/t16-,17-/m1/s1. The summed E-state index contributed by atoms with van der Waals surface area (Å²) in [6.45, 7) is 7.83. The molecule has 0 aromatic rings. The fraction of sp³-hybridized carbons (Fsp3) is 0.941. The monoisotopic (exact) mass is 286 g/mol. The van der Waals surface area contributed by atoms with Gasteiger partial charge in [0.2, 0.25) is 0 Å². The largest absolute Gasteiger partial charge is 0.462 e. The number of aliphatic hydroxyl groups excluding tert-OH is 1. The van der Waals surface area contributed by atoms with Crippen LogP contribution in [0.3, 0.4) is 0 Å². The van der Waals surface area contributed by atoms with E-state index < -0.39 is 0 Å². The number of hydrogen-bond acceptors (Lipinski definition) is 3. The fourth-order valence-electron chi connectivity index (χ4n) is 2.42. The summed E-state index contributed by atoms with van der Waals surface area (Å²) in [4.78, 5) is 11.0.